The summed E-state index contributed by atoms with van der Waals surface area (Å²) < 4.78 is 12.8. The zero-order valence-corrected chi connectivity index (χ0v) is 9.14. The maximum atomic E-state index is 12.8. The van der Waals surface area contributed by atoms with Gasteiger partial charge in [0.1, 0.15) is 5.82 Å². The summed E-state index contributed by atoms with van der Waals surface area (Å²) in [5, 5.41) is 8.87. The van der Waals surface area contributed by atoms with E-state index in [1.807, 2.05) is 0 Å². The van der Waals surface area contributed by atoms with Crippen LogP contribution in [0, 0.1) is 5.82 Å². The average Bonchev–Trinajstić information content (AvgIpc) is 2.61. The van der Waals surface area contributed by atoms with Crippen molar-refractivity contribution in [2.75, 3.05) is 26.2 Å². The zero-order chi connectivity index (χ0) is 11.5. The summed E-state index contributed by atoms with van der Waals surface area (Å²) >= 11 is 0. The fraction of sp³-hybridized carbons (Fsp3) is 0.500. The van der Waals surface area contributed by atoms with Crippen LogP contribution in [0.5, 0.6) is 0 Å². The molecule has 1 aromatic carbocycles. The van der Waals surface area contributed by atoms with Gasteiger partial charge in [-0.25, -0.2) is 4.39 Å². The number of benzene rings is 1. The lowest BCUT2D eigenvalue weighted by atomic mass is 9.95. The van der Waals surface area contributed by atoms with Crippen LogP contribution in [0.4, 0.5) is 4.39 Å². The third-order valence-corrected chi connectivity index (χ3v) is 3.16. The van der Waals surface area contributed by atoms with Gasteiger partial charge in [-0.15, -0.1) is 0 Å². The number of nitrogens with two attached hydrogens (primary N) is 1. The number of likely N-dealkylation sites (tertiary alicyclic amines) is 1. The maximum Gasteiger partial charge on any atom is 0.123 e. The molecule has 1 fully saturated rings. The van der Waals surface area contributed by atoms with Crippen molar-refractivity contribution in [3.05, 3.63) is 35.6 Å². The van der Waals surface area contributed by atoms with Crippen LogP contribution < -0.4 is 5.73 Å². The first-order chi connectivity index (χ1) is 7.70. The number of aliphatic hydroxyl groups is 1. The molecule has 1 aliphatic rings. The number of hydrogen-bond acceptors (Lipinski definition) is 3. The lowest BCUT2D eigenvalue weighted by molar-refractivity contribution is 0.219. The summed E-state index contributed by atoms with van der Waals surface area (Å²) in [7, 11) is 0. The Morgan fingerprint density at radius 1 is 1.31 bits per heavy atom. The Labute approximate surface area is 94.7 Å². The predicted molar refractivity (Wildman–Crippen MR) is 60.6 cm³/mol. The topological polar surface area (TPSA) is 49.5 Å². The van der Waals surface area contributed by atoms with E-state index in [0.29, 0.717) is 6.54 Å². The van der Waals surface area contributed by atoms with Crippen molar-refractivity contribution in [3.63, 3.8) is 0 Å². The summed E-state index contributed by atoms with van der Waals surface area (Å²) in [4.78, 5) is 2.14. The molecule has 0 bridgehead atoms. The van der Waals surface area contributed by atoms with Gasteiger partial charge in [-0.1, -0.05) is 12.1 Å². The van der Waals surface area contributed by atoms with Crippen molar-refractivity contribution in [2.24, 2.45) is 5.73 Å². The van der Waals surface area contributed by atoms with E-state index >= 15 is 0 Å². The van der Waals surface area contributed by atoms with Gasteiger partial charge < -0.3 is 10.8 Å². The normalized spacial score (nSPS) is 26.2. The molecule has 3 nitrogen and oxygen atoms in total. The van der Waals surface area contributed by atoms with Gasteiger partial charge in [0, 0.05) is 31.6 Å². The molecule has 2 unspecified atom stereocenters. The van der Waals surface area contributed by atoms with Crippen molar-refractivity contribution in [2.45, 2.75) is 12.0 Å². The van der Waals surface area contributed by atoms with Gasteiger partial charge in [-0.05, 0) is 17.7 Å². The second-order valence-electron chi connectivity index (χ2n) is 4.31. The van der Waals surface area contributed by atoms with E-state index in [-0.39, 0.29) is 24.4 Å². The summed E-state index contributed by atoms with van der Waals surface area (Å²) in [6, 6.07) is 6.59. The number of halogens is 1. The third-order valence-electron chi connectivity index (χ3n) is 3.16. The zero-order valence-electron chi connectivity index (χ0n) is 9.14. The van der Waals surface area contributed by atoms with Gasteiger partial charge >= 0.3 is 0 Å². The maximum absolute atomic E-state index is 12.8. The Kier molecular flexibility index (Phi) is 3.53. The van der Waals surface area contributed by atoms with Crippen molar-refractivity contribution in [1.29, 1.82) is 0 Å². The fourth-order valence-corrected chi connectivity index (χ4v) is 2.30. The molecule has 3 N–H and O–H groups in total. The first-order valence-electron chi connectivity index (χ1n) is 5.55. The van der Waals surface area contributed by atoms with Crippen molar-refractivity contribution < 1.29 is 9.50 Å². The van der Waals surface area contributed by atoms with Crippen LogP contribution in [0.15, 0.2) is 24.3 Å². The fourth-order valence-electron chi connectivity index (χ4n) is 2.30. The molecule has 0 radical (unpaired) electrons. The van der Waals surface area contributed by atoms with Gasteiger partial charge in [-0.2, -0.15) is 0 Å². The average molecular weight is 224 g/mol. The minimum atomic E-state index is -0.220. The smallest absolute Gasteiger partial charge is 0.123 e. The van der Waals surface area contributed by atoms with Crippen LogP contribution in [-0.2, 0) is 0 Å². The molecular formula is C12H17FN2O. The highest BCUT2D eigenvalue weighted by atomic mass is 19.1. The van der Waals surface area contributed by atoms with Crippen LogP contribution in [0.25, 0.3) is 0 Å². The molecule has 16 heavy (non-hydrogen) atoms. The van der Waals surface area contributed by atoms with E-state index in [0.717, 1.165) is 18.7 Å². The van der Waals surface area contributed by atoms with E-state index < -0.39 is 0 Å². The Morgan fingerprint density at radius 3 is 2.62 bits per heavy atom. The van der Waals surface area contributed by atoms with Gasteiger partial charge in [0.15, 0.2) is 0 Å². The van der Waals surface area contributed by atoms with E-state index in [9.17, 15) is 4.39 Å². The second-order valence-corrected chi connectivity index (χ2v) is 4.31. The largest absolute Gasteiger partial charge is 0.395 e. The number of aliphatic hydroxyl groups excluding tert-OH is 1. The van der Waals surface area contributed by atoms with Crippen LogP contribution in [0.3, 0.4) is 0 Å². The minimum Gasteiger partial charge on any atom is -0.395 e. The second kappa shape index (κ2) is 4.91. The highest BCUT2D eigenvalue weighted by molar-refractivity contribution is 5.24. The van der Waals surface area contributed by atoms with Gasteiger partial charge in [-0.3, -0.25) is 4.90 Å². The lowest BCUT2D eigenvalue weighted by Gasteiger charge is -2.15. The lowest BCUT2D eigenvalue weighted by Crippen LogP contribution is -2.29. The molecular weight excluding hydrogens is 207 g/mol. The van der Waals surface area contributed by atoms with E-state index in [1.165, 1.54) is 12.1 Å². The molecule has 1 aromatic rings. The highest BCUT2D eigenvalue weighted by Crippen LogP contribution is 2.26. The van der Waals surface area contributed by atoms with E-state index in [2.05, 4.69) is 4.90 Å². The summed E-state index contributed by atoms with van der Waals surface area (Å²) in [6.45, 7) is 2.45. The molecule has 0 saturated carbocycles. The standard InChI is InChI=1S/C12H17FN2O/c13-10-3-1-9(2-4-10)11-7-15(5-6-16)8-12(11)14/h1-4,11-12,16H,5-8,14H2. The summed E-state index contributed by atoms with van der Waals surface area (Å²) in [5.41, 5.74) is 7.13. The molecule has 1 heterocycles. The molecule has 0 spiro atoms. The van der Waals surface area contributed by atoms with E-state index in [1.54, 1.807) is 12.1 Å². The van der Waals surface area contributed by atoms with Crippen LogP contribution >= 0.6 is 0 Å². The monoisotopic (exact) mass is 224 g/mol. The third kappa shape index (κ3) is 2.40. The van der Waals surface area contributed by atoms with Crippen molar-refractivity contribution in [3.8, 4) is 0 Å². The van der Waals surface area contributed by atoms with Gasteiger partial charge in [0.2, 0.25) is 0 Å². The number of hydrogen-bond donors (Lipinski definition) is 2. The molecule has 2 atom stereocenters. The molecule has 88 valence electrons. The van der Waals surface area contributed by atoms with Crippen LogP contribution in [-0.4, -0.2) is 42.3 Å². The highest BCUT2D eigenvalue weighted by Gasteiger charge is 2.30. The molecule has 0 amide bonds. The van der Waals surface area contributed by atoms with Crippen LogP contribution in [0.1, 0.15) is 11.5 Å². The first kappa shape index (κ1) is 11.5. The van der Waals surface area contributed by atoms with Gasteiger partial charge in [0.05, 0.1) is 6.61 Å². The van der Waals surface area contributed by atoms with Crippen molar-refractivity contribution >= 4 is 0 Å². The van der Waals surface area contributed by atoms with Gasteiger partial charge in [0.25, 0.3) is 0 Å². The minimum absolute atomic E-state index is 0.0667. The molecule has 1 aliphatic heterocycles. The van der Waals surface area contributed by atoms with E-state index in [4.69, 9.17) is 10.8 Å². The van der Waals surface area contributed by atoms with Crippen molar-refractivity contribution in [1.82, 2.24) is 4.90 Å². The summed E-state index contributed by atoms with van der Waals surface area (Å²) in [5.74, 6) is 0.0229. The number of nitrogens with zero attached hydrogens (tertiary/aromatic N) is 1. The first-order valence-corrected chi connectivity index (χ1v) is 5.55. The Morgan fingerprint density at radius 2 is 2.00 bits per heavy atom. The molecule has 4 heteroatoms. The number of β-amino-alcohol motifs (C(OH)–C–C–N with tert-alkyl or cyclic N) is 1. The molecule has 0 aliphatic carbocycles. The molecule has 0 aromatic heterocycles. The Balaban J connectivity index is 2.07. The molecule has 2 rings (SSSR count). The molecule has 1 saturated heterocycles. The Hall–Kier alpha value is -0.970. The summed E-state index contributed by atoms with van der Waals surface area (Å²) in [6.07, 6.45) is 0. The number of rotatable bonds is 3. The Bertz CT molecular complexity index is 341. The predicted octanol–water partition coefficient (Wildman–Crippen LogP) is 0.545. The quantitative estimate of drug-likeness (QED) is 0.788. The van der Waals surface area contributed by atoms with Crippen LogP contribution in [0.2, 0.25) is 0 Å². The SMILES string of the molecule is NC1CN(CCO)CC1c1ccc(F)cc1.